The van der Waals surface area contributed by atoms with E-state index in [4.69, 9.17) is 10.8 Å². The fourth-order valence-corrected chi connectivity index (χ4v) is 8.46. The second-order valence-corrected chi connectivity index (χ2v) is 12.5. The molecule has 144 valence electrons. The van der Waals surface area contributed by atoms with Crippen molar-refractivity contribution in [2.45, 2.75) is 70.9 Å². The van der Waals surface area contributed by atoms with Crippen LogP contribution in [-0.2, 0) is 4.43 Å². The Morgan fingerprint density at radius 2 is 1.41 bits per heavy atom. The average molecular weight is 379 g/mol. The number of hydrogen-bond acceptors (Lipinski definition) is 1. The maximum atomic E-state index is 7.01. The third-order valence-electron chi connectivity index (χ3n) is 5.24. The topological polar surface area (TPSA) is 9.23 Å². The van der Waals surface area contributed by atoms with Gasteiger partial charge in [-0.1, -0.05) is 114 Å². The summed E-state index contributed by atoms with van der Waals surface area (Å²) in [5, 5.41) is 2.55. The first-order valence-corrected chi connectivity index (χ1v) is 12.1. The van der Waals surface area contributed by atoms with Crippen molar-refractivity contribution in [3.8, 4) is 12.3 Å². The van der Waals surface area contributed by atoms with Crippen LogP contribution in [0.1, 0.15) is 59.8 Å². The highest BCUT2D eigenvalue weighted by Gasteiger charge is 2.51. The second kappa shape index (κ2) is 9.92. The summed E-state index contributed by atoms with van der Waals surface area (Å²) in [6.45, 7) is 9.12. The van der Waals surface area contributed by atoms with Crippen molar-refractivity contribution in [2.75, 3.05) is 0 Å². The summed E-state index contributed by atoms with van der Waals surface area (Å²) < 4.78 is 7.01. The molecule has 0 heterocycles. The molecule has 0 aromatic heterocycles. The van der Waals surface area contributed by atoms with E-state index in [0.29, 0.717) is 0 Å². The monoisotopic (exact) mass is 378 g/mol. The number of rotatable bonds is 9. The van der Waals surface area contributed by atoms with E-state index in [2.05, 4.69) is 94.3 Å². The lowest BCUT2D eigenvalue weighted by atomic mass is 10.1. The normalized spacial score (nSPS) is 13.1. The summed E-state index contributed by atoms with van der Waals surface area (Å²) >= 11 is 0. The van der Waals surface area contributed by atoms with Gasteiger partial charge in [-0.3, -0.25) is 0 Å². The lowest BCUT2D eigenvalue weighted by Gasteiger charge is -2.44. The van der Waals surface area contributed by atoms with Crippen molar-refractivity contribution >= 4 is 18.7 Å². The predicted molar refractivity (Wildman–Crippen MR) is 120 cm³/mol. The van der Waals surface area contributed by atoms with Gasteiger partial charge in [-0.2, -0.15) is 0 Å². The molecule has 0 spiro atoms. The largest absolute Gasteiger partial charge is 0.394 e. The SMILES string of the molecule is C#C[C@H](CCCCCC)O[Si](c1ccccc1)(c1ccccc1)C(C)(C)C. The first-order valence-electron chi connectivity index (χ1n) is 10.2. The molecule has 2 aromatic carbocycles. The van der Waals surface area contributed by atoms with E-state index in [0.717, 1.165) is 12.8 Å². The number of benzene rings is 2. The van der Waals surface area contributed by atoms with Gasteiger partial charge in [0.05, 0.1) is 0 Å². The average Bonchev–Trinajstić information content (AvgIpc) is 2.68. The van der Waals surface area contributed by atoms with Crippen LogP contribution in [0.3, 0.4) is 0 Å². The third kappa shape index (κ3) is 5.12. The van der Waals surface area contributed by atoms with Gasteiger partial charge in [0.2, 0.25) is 0 Å². The van der Waals surface area contributed by atoms with Gasteiger partial charge < -0.3 is 4.43 Å². The molecule has 0 fully saturated rings. The Balaban J connectivity index is 2.47. The molecular weight excluding hydrogens is 344 g/mol. The van der Waals surface area contributed by atoms with Crippen LogP contribution in [0, 0.1) is 12.3 Å². The standard InChI is InChI=1S/C25H34OSi/c1-6-8-9-12-17-22(7-2)26-27(25(3,4)5,23-18-13-10-14-19-23)24-20-15-11-16-21-24/h2,10-11,13-16,18-22H,6,8-9,12,17H2,1,3-5H3/t22-/m1/s1. The van der Waals surface area contributed by atoms with Crippen LogP contribution in [0.5, 0.6) is 0 Å². The third-order valence-corrected chi connectivity index (χ3v) is 10.3. The molecule has 0 bridgehead atoms. The molecule has 1 nitrogen and oxygen atoms in total. The van der Waals surface area contributed by atoms with Crippen LogP contribution in [0.4, 0.5) is 0 Å². The van der Waals surface area contributed by atoms with Gasteiger partial charge >= 0.3 is 0 Å². The summed E-state index contributed by atoms with van der Waals surface area (Å²) in [7, 11) is -2.54. The minimum absolute atomic E-state index is 0.0335. The van der Waals surface area contributed by atoms with Crippen LogP contribution in [0.25, 0.3) is 0 Å². The lowest BCUT2D eigenvalue weighted by molar-refractivity contribution is 0.227. The van der Waals surface area contributed by atoms with Crippen molar-refractivity contribution < 1.29 is 4.43 Å². The van der Waals surface area contributed by atoms with E-state index >= 15 is 0 Å². The summed E-state index contributed by atoms with van der Waals surface area (Å²) in [6.07, 6.45) is 11.6. The summed E-state index contributed by atoms with van der Waals surface area (Å²) in [5.74, 6) is 2.96. The molecule has 0 saturated carbocycles. The van der Waals surface area contributed by atoms with E-state index in [1.165, 1.54) is 29.6 Å². The van der Waals surface area contributed by atoms with E-state index in [9.17, 15) is 0 Å². The van der Waals surface area contributed by atoms with Gasteiger partial charge in [0.15, 0.2) is 0 Å². The second-order valence-electron chi connectivity index (χ2n) is 8.29. The van der Waals surface area contributed by atoms with Gasteiger partial charge in [0.25, 0.3) is 8.32 Å². The Hall–Kier alpha value is -1.82. The zero-order valence-electron chi connectivity index (χ0n) is 17.4. The van der Waals surface area contributed by atoms with Crippen LogP contribution < -0.4 is 10.4 Å². The van der Waals surface area contributed by atoms with Gasteiger partial charge in [-0.25, -0.2) is 0 Å². The molecular formula is C25H34OSi. The lowest BCUT2D eigenvalue weighted by Crippen LogP contribution is -2.67. The minimum atomic E-state index is -2.54. The fourth-order valence-electron chi connectivity index (χ4n) is 3.84. The highest BCUT2D eigenvalue weighted by Crippen LogP contribution is 2.37. The summed E-state index contributed by atoms with van der Waals surface area (Å²) in [6, 6.07) is 21.5. The molecule has 1 atom stereocenters. The van der Waals surface area contributed by atoms with E-state index in [1.54, 1.807) is 0 Å². The number of unbranched alkanes of at least 4 members (excludes halogenated alkanes) is 3. The van der Waals surface area contributed by atoms with Crippen molar-refractivity contribution in [1.29, 1.82) is 0 Å². The quantitative estimate of drug-likeness (QED) is 0.316. The van der Waals surface area contributed by atoms with Gasteiger partial charge in [-0.05, 0) is 28.3 Å². The number of hydrogen-bond donors (Lipinski definition) is 0. The minimum Gasteiger partial charge on any atom is -0.394 e. The molecule has 0 aliphatic heterocycles. The zero-order valence-corrected chi connectivity index (χ0v) is 18.4. The smallest absolute Gasteiger partial charge is 0.262 e. The van der Waals surface area contributed by atoms with Crippen molar-refractivity contribution in [3.63, 3.8) is 0 Å². The Bertz CT molecular complexity index is 670. The molecule has 2 rings (SSSR count). The fraction of sp³-hybridized carbons (Fsp3) is 0.440. The first kappa shape index (κ1) is 21.5. The predicted octanol–water partition coefficient (Wildman–Crippen LogP) is 5.54. The highest BCUT2D eigenvalue weighted by molar-refractivity contribution is 6.99. The molecule has 27 heavy (non-hydrogen) atoms. The molecule has 0 unspecified atom stereocenters. The van der Waals surface area contributed by atoms with Crippen LogP contribution >= 0.6 is 0 Å². The van der Waals surface area contributed by atoms with Gasteiger partial charge in [0, 0.05) is 0 Å². The van der Waals surface area contributed by atoms with Crippen LogP contribution in [0.15, 0.2) is 60.7 Å². The van der Waals surface area contributed by atoms with E-state index in [-0.39, 0.29) is 11.1 Å². The maximum absolute atomic E-state index is 7.01. The maximum Gasteiger partial charge on any atom is 0.262 e. The molecule has 0 aliphatic rings. The molecule has 0 aliphatic carbocycles. The molecule has 0 saturated heterocycles. The Labute approximate surface area is 167 Å². The van der Waals surface area contributed by atoms with Crippen molar-refractivity contribution in [2.24, 2.45) is 0 Å². The summed E-state index contributed by atoms with van der Waals surface area (Å²) in [5.41, 5.74) is 0. The van der Waals surface area contributed by atoms with Gasteiger partial charge in [-0.15, -0.1) is 6.42 Å². The zero-order chi connectivity index (χ0) is 19.8. The van der Waals surface area contributed by atoms with Crippen molar-refractivity contribution in [1.82, 2.24) is 0 Å². The molecule has 2 aromatic rings. The molecule has 2 heteroatoms. The highest BCUT2D eigenvalue weighted by atomic mass is 28.4. The van der Waals surface area contributed by atoms with E-state index < -0.39 is 8.32 Å². The van der Waals surface area contributed by atoms with Crippen LogP contribution in [0.2, 0.25) is 5.04 Å². The molecule has 0 radical (unpaired) electrons. The number of terminal acetylenes is 1. The Morgan fingerprint density at radius 1 is 0.889 bits per heavy atom. The molecule has 0 amide bonds. The Kier molecular flexibility index (Phi) is 7.89. The summed E-state index contributed by atoms with van der Waals surface area (Å²) in [4.78, 5) is 0. The van der Waals surface area contributed by atoms with Crippen molar-refractivity contribution in [3.05, 3.63) is 60.7 Å². The molecule has 0 N–H and O–H groups in total. The van der Waals surface area contributed by atoms with Gasteiger partial charge in [0.1, 0.15) is 6.10 Å². The van der Waals surface area contributed by atoms with E-state index in [1.807, 2.05) is 0 Å². The first-order chi connectivity index (χ1) is 13.0. The van der Waals surface area contributed by atoms with Crippen LogP contribution in [-0.4, -0.2) is 14.4 Å². The Morgan fingerprint density at radius 3 is 1.81 bits per heavy atom.